The number of rotatable bonds is 5. The number of carboxylic acids is 1. The second-order valence-corrected chi connectivity index (χ2v) is 3.60. The predicted octanol–water partition coefficient (Wildman–Crippen LogP) is 0.950. The number of carbonyl (C=O) groups excluding carboxylic acids is 1. The zero-order valence-electron chi connectivity index (χ0n) is 9.79. The van der Waals surface area contributed by atoms with Gasteiger partial charge >= 0.3 is 5.97 Å². The minimum atomic E-state index is -1.15. The average molecular weight is 237 g/mol. The first-order valence-electron chi connectivity index (χ1n) is 5.14. The van der Waals surface area contributed by atoms with Gasteiger partial charge < -0.3 is 5.11 Å². The lowest BCUT2D eigenvalue weighted by molar-refractivity contribution is -0.177. The zero-order chi connectivity index (χ0) is 12.8. The lowest BCUT2D eigenvalue weighted by Crippen LogP contribution is -2.37. The molecule has 1 aromatic rings. The van der Waals surface area contributed by atoms with Crippen LogP contribution in [0.4, 0.5) is 0 Å². The third kappa shape index (κ3) is 3.57. The Morgan fingerprint density at radius 2 is 1.94 bits per heavy atom. The molecule has 0 spiro atoms. The Hall–Kier alpha value is -1.88. The van der Waals surface area contributed by atoms with Crippen molar-refractivity contribution in [3.05, 3.63) is 35.9 Å². The van der Waals surface area contributed by atoms with Crippen LogP contribution in [-0.4, -0.2) is 36.2 Å². The van der Waals surface area contributed by atoms with Gasteiger partial charge in [0.15, 0.2) is 0 Å². The predicted molar refractivity (Wildman–Crippen MR) is 61.1 cm³/mol. The number of hydrogen-bond acceptors (Lipinski definition) is 3. The molecule has 5 nitrogen and oxygen atoms in total. The summed E-state index contributed by atoms with van der Waals surface area (Å²) in [6.07, 6.45) is 0.155. The van der Waals surface area contributed by atoms with E-state index < -0.39 is 17.8 Å². The maximum atomic E-state index is 11.7. The Bertz CT molecular complexity index is 391. The molecule has 1 rings (SSSR count). The van der Waals surface area contributed by atoms with Gasteiger partial charge in [0, 0.05) is 7.05 Å². The van der Waals surface area contributed by atoms with Crippen molar-refractivity contribution in [2.75, 3.05) is 14.2 Å². The molecule has 5 heteroatoms. The van der Waals surface area contributed by atoms with E-state index in [0.29, 0.717) is 0 Å². The molecule has 17 heavy (non-hydrogen) atoms. The minimum absolute atomic E-state index is 0.155. The Labute approximate surface area is 99.6 Å². The van der Waals surface area contributed by atoms with E-state index in [4.69, 9.17) is 9.94 Å². The van der Waals surface area contributed by atoms with Gasteiger partial charge in [0.2, 0.25) is 0 Å². The topological polar surface area (TPSA) is 66.8 Å². The van der Waals surface area contributed by atoms with E-state index in [2.05, 4.69) is 0 Å². The molecule has 92 valence electrons. The second kappa shape index (κ2) is 6.00. The maximum Gasteiger partial charge on any atom is 0.316 e. The Kier molecular flexibility index (Phi) is 4.66. The van der Waals surface area contributed by atoms with Crippen LogP contribution in [0.3, 0.4) is 0 Å². The molecular formula is C12H15NO4. The van der Waals surface area contributed by atoms with Crippen LogP contribution in [0.5, 0.6) is 0 Å². The Balaban J connectivity index is 2.81. The number of hydrogen-bond donors (Lipinski definition) is 1. The smallest absolute Gasteiger partial charge is 0.316 e. The first-order valence-corrected chi connectivity index (χ1v) is 5.14. The van der Waals surface area contributed by atoms with E-state index in [0.717, 1.165) is 10.6 Å². The first kappa shape index (κ1) is 13.2. The molecule has 1 N–H and O–H groups in total. The van der Waals surface area contributed by atoms with Gasteiger partial charge in [-0.2, -0.15) is 0 Å². The summed E-state index contributed by atoms with van der Waals surface area (Å²) in [7, 11) is 2.71. The molecular weight excluding hydrogens is 222 g/mol. The molecule has 1 atom stereocenters. The highest BCUT2D eigenvalue weighted by atomic mass is 16.7. The third-order valence-electron chi connectivity index (χ3n) is 2.46. The highest BCUT2D eigenvalue weighted by Crippen LogP contribution is 2.11. The lowest BCUT2D eigenvalue weighted by atomic mass is 9.98. The summed E-state index contributed by atoms with van der Waals surface area (Å²) in [5.41, 5.74) is 0.803. The summed E-state index contributed by atoms with van der Waals surface area (Å²) >= 11 is 0. The molecule has 0 radical (unpaired) electrons. The fraction of sp³-hybridized carbons (Fsp3) is 0.333. The molecule has 0 aliphatic rings. The quantitative estimate of drug-likeness (QED) is 0.611. The second-order valence-electron chi connectivity index (χ2n) is 3.60. The van der Waals surface area contributed by atoms with Crippen molar-refractivity contribution in [1.82, 2.24) is 5.06 Å². The number of aliphatic carboxylic acids is 1. The Morgan fingerprint density at radius 3 is 2.41 bits per heavy atom. The van der Waals surface area contributed by atoms with E-state index in [1.807, 2.05) is 6.07 Å². The third-order valence-corrected chi connectivity index (χ3v) is 2.46. The normalized spacial score (nSPS) is 11.9. The van der Waals surface area contributed by atoms with E-state index >= 15 is 0 Å². The Morgan fingerprint density at radius 1 is 1.35 bits per heavy atom. The molecule has 0 bridgehead atoms. The van der Waals surface area contributed by atoms with Gasteiger partial charge in [-0.25, -0.2) is 5.06 Å². The van der Waals surface area contributed by atoms with E-state index in [-0.39, 0.29) is 6.42 Å². The first-order chi connectivity index (χ1) is 8.06. The van der Waals surface area contributed by atoms with E-state index in [1.54, 1.807) is 24.3 Å². The molecule has 0 aliphatic carbocycles. The van der Waals surface area contributed by atoms with Gasteiger partial charge in [0.05, 0.1) is 7.11 Å². The minimum Gasteiger partial charge on any atom is -0.481 e. The number of hydroxylamine groups is 2. The molecule has 0 aliphatic heterocycles. The zero-order valence-corrected chi connectivity index (χ0v) is 9.79. The van der Waals surface area contributed by atoms with Crippen molar-refractivity contribution in [2.45, 2.75) is 6.42 Å². The monoisotopic (exact) mass is 237 g/mol. The number of carbonyl (C=O) groups is 2. The number of carboxylic acid groups (broad SMARTS) is 1. The standard InChI is InChI=1S/C12H15NO4/c1-13(17-2)11(14)10(12(15)16)8-9-6-4-3-5-7-9/h3-7,10H,8H2,1-2H3,(H,15,16). The van der Waals surface area contributed by atoms with Crippen LogP contribution in [-0.2, 0) is 20.8 Å². The van der Waals surface area contributed by atoms with Gasteiger partial charge in [-0.15, -0.1) is 0 Å². The average Bonchev–Trinajstić information content (AvgIpc) is 2.35. The van der Waals surface area contributed by atoms with Crippen molar-refractivity contribution in [2.24, 2.45) is 5.92 Å². The molecule has 0 aromatic heterocycles. The highest BCUT2D eigenvalue weighted by molar-refractivity contribution is 5.96. The number of amides is 1. The SMILES string of the molecule is CON(C)C(=O)C(Cc1ccccc1)C(=O)O. The number of benzene rings is 1. The van der Waals surface area contributed by atoms with Crippen LogP contribution >= 0.6 is 0 Å². The molecule has 0 saturated heterocycles. The van der Waals surface area contributed by atoms with Gasteiger partial charge in [-0.1, -0.05) is 30.3 Å². The van der Waals surface area contributed by atoms with Crippen molar-refractivity contribution in [3.63, 3.8) is 0 Å². The summed E-state index contributed by atoms with van der Waals surface area (Å²) in [5, 5.41) is 9.98. The van der Waals surface area contributed by atoms with Crippen LogP contribution < -0.4 is 0 Å². The summed E-state index contributed by atoms with van der Waals surface area (Å²) in [6, 6.07) is 9.02. The van der Waals surface area contributed by atoms with Gasteiger partial charge in [0.1, 0.15) is 5.92 Å². The highest BCUT2D eigenvalue weighted by Gasteiger charge is 2.29. The molecule has 1 unspecified atom stereocenters. The maximum absolute atomic E-state index is 11.7. The summed E-state index contributed by atoms with van der Waals surface area (Å²) in [4.78, 5) is 27.5. The lowest BCUT2D eigenvalue weighted by Gasteiger charge is -2.18. The van der Waals surface area contributed by atoms with Crippen molar-refractivity contribution >= 4 is 11.9 Å². The van der Waals surface area contributed by atoms with Gasteiger partial charge in [-0.3, -0.25) is 14.4 Å². The largest absolute Gasteiger partial charge is 0.481 e. The van der Waals surface area contributed by atoms with Gasteiger partial charge in [-0.05, 0) is 12.0 Å². The molecule has 1 amide bonds. The molecule has 0 saturated carbocycles. The van der Waals surface area contributed by atoms with Crippen LogP contribution in [0.15, 0.2) is 30.3 Å². The summed E-state index contributed by atoms with van der Waals surface area (Å²) < 4.78 is 0. The fourth-order valence-electron chi connectivity index (χ4n) is 1.44. The van der Waals surface area contributed by atoms with E-state index in [9.17, 15) is 9.59 Å². The molecule has 1 aromatic carbocycles. The van der Waals surface area contributed by atoms with E-state index in [1.165, 1.54) is 14.2 Å². The summed E-state index contributed by atoms with van der Waals surface area (Å²) in [5.74, 6) is -2.84. The molecule has 0 heterocycles. The van der Waals surface area contributed by atoms with Crippen LogP contribution in [0.25, 0.3) is 0 Å². The van der Waals surface area contributed by atoms with Crippen molar-refractivity contribution in [3.8, 4) is 0 Å². The van der Waals surface area contributed by atoms with Crippen LogP contribution in [0.2, 0.25) is 0 Å². The van der Waals surface area contributed by atoms with Crippen molar-refractivity contribution in [1.29, 1.82) is 0 Å². The van der Waals surface area contributed by atoms with Crippen molar-refractivity contribution < 1.29 is 19.5 Å². The van der Waals surface area contributed by atoms with Crippen LogP contribution in [0, 0.1) is 5.92 Å². The van der Waals surface area contributed by atoms with Crippen LogP contribution in [0.1, 0.15) is 5.56 Å². The summed E-state index contributed by atoms with van der Waals surface area (Å²) in [6.45, 7) is 0. The fourth-order valence-corrected chi connectivity index (χ4v) is 1.44. The van der Waals surface area contributed by atoms with Gasteiger partial charge in [0.25, 0.3) is 5.91 Å². The molecule has 0 fully saturated rings. The number of nitrogens with zero attached hydrogens (tertiary/aromatic N) is 1.